The average Bonchev–Trinajstić information content (AvgIpc) is 2.86. The number of nitrogens with zero attached hydrogens (tertiary/aromatic N) is 2. The Morgan fingerprint density at radius 2 is 1.70 bits per heavy atom. The first-order valence-electron chi connectivity index (χ1n) is 13.1. The van der Waals surface area contributed by atoms with E-state index in [1.54, 1.807) is 6.07 Å². The molecule has 1 saturated carbocycles. The monoisotopic (exact) mass is 535 g/mol. The molecule has 4 rings (SSSR count). The maximum absolute atomic E-state index is 13.4. The van der Waals surface area contributed by atoms with Crippen molar-refractivity contribution in [3.05, 3.63) is 58.6 Å². The predicted octanol–water partition coefficient (Wildman–Crippen LogP) is 7.40. The second-order valence-electron chi connectivity index (χ2n) is 11.1. The Morgan fingerprint density at radius 3 is 2.30 bits per heavy atom. The first kappa shape index (κ1) is 27.6. The molecule has 202 valence electrons. The van der Waals surface area contributed by atoms with E-state index in [0.717, 1.165) is 68.9 Å². The topological polar surface area (TPSA) is 35.6 Å². The lowest BCUT2D eigenvalue weighted by Crippen LogP contribution is -2.49. The Hall–Kier alpha value is -2.41. The highest BCUT2D eigenvalue weighted by Crippen LogP contribution is 2.37. The van der Waals surface area contributed by atoms with Gasteiger partial charge in [0.25, 0.3) is 0 Å². The van der Waals surface area contributed by atoms with Crippen molar-refractivity contribution < 1.29 is 18.0 Å². The number of nitrogens with one attached hydrogen (secondary N) is 1. The van der Waals surface area contributed by atoms with Crippen LogP contribution in [-0.2, 0) is 11.0 Å². The van der Waals surface area contributed by atoms with Crippen molar-refractivity contribution >= 4 is 28.9 Å². The lowest BCUT2D eigenvalue weighted by atomic mass is 9.78. The van der Waals surface area contributed by atoms with E-state index in [9.17, 15) is 18.0 Å². The van der Waals surface area contributed by atoms with Gasteiger partial charge in [-0.1, -0.05) is 24.6 Å². The molecule has 4 nitrogen and oxygen atoms in total. The van der Waals surface area contributed by atoms with E-state index in [1.807, 2.05) is 36.2 Å². The van der Waals surface area contributed by atoms with Crippen LogP contribution in [0.5, 0.6) is 0 Å². The van der Waals surface area contributed by atoms with Crippen molar-refractivity contribution in [1.82, 2.24) is 4.90 Å². The Kier molecular flexibility index (Phi) is 8.32. The molecule has 1 aliphatic carbocycles. The Morgan fingerprint density at radius 1 is 1.08 bits per heavy atom. The molecule has 1 amide bonds. The molecule has 37 heavy (non-hydrogen) atoms. The van der Waals surface area contributed by atoms with E-state index in [-0.39, 0.29) is 22.9 Å². The Bertz CT molecular complexity index is 1070. The summed E-state index contributed by atoms with van der Waals surface area (Å²) >= 11 is 6.01. The third-order valence-corrected chi connectivity index (χ3v) is 8.47. The van der Waals surface area contributed by atoms with Crippen LogP contribution in [-0.4, -0.2) is 43.5 Å². The van der Waals surface area contributed by atoms with E-state index in [0.29, 0.717) is 11.6 Å². The zero-order chi connectivity index (χ0) is 26.8. The van der Waals surface area contributed by atoms with Crippen molar-refractivity contribution in [3.63, 3.8) is 0 Å². The Labute approximate surface area is 223 Å². The highest BCUT2D eigenvalue weighted by atomic mass is 35.5. The minimum absolute atomic E-state index is 0.149. The number of amides is 1. The summed E-state index contributed by atoms with van der Waals surface area (Å²) in [6.07, 6.45) is 0.949. The molecule has 0 spiro atoms. The zero-order valence-corrected chi connectivity index (χ0v) is 22.6. The van der Waals surface area contributed by atoms with Crippen LogP contribution in [0.25, 0.3) is 0 Å². The number of halogens is 4. The number of benzene rings is 2. The smallest absolute Gasteiger partial charge is 0.382 e. The van der Waals surface area contributed by atoms with Crippen LogP contribution in [0.15, 0.2) is 42.5 Å². The quantitative estimate of drug-likeness (QED) is 0.418. The summed E-state index contributed by atoms with van der Waals surface area (Å²) in [6, 6.07) is 12.5. The molecular weight excluding hydrogens is 499 g/mol. The standard InChI is InChI=1S/C29H37ClF3N3O/c1-20-4-9-24(18-26(20)29(31,32)33)34-23-10-5-21(6-11-23)19-35(3)27(37)28(2)14-16-36(17-15-28)25-12-7-22(30)8-13-25/h4,7-9,12-13,18,21,23,34H,5-6,10-11,14-17,19H2,1-3H3. The minimum atomic E-state index is -4.35. The van der Waals surface area contributed by atoms with Gasteiger partial charge in [0.1, 0.15) is 0 Å². The number of hydrogen-bond donors (Lipinski definition) is 1. The van der Waals surface area contributed by atoms with Crippen LogP contribution in [0.4, 0.5) is 24.5 Å². The summed E-state index contributed by atoms with van der Waals surface area (Å²) in [5.41, 5.74) is 0.944. The second-order valence-corrected chi connectivity index (χ2v) is 11.5. The van der Waals surface area contributed by atoms with Gasteiger partial charge in [0.2, 0.25) is 5.91 Å². The van der Waals surface area contributed by atoms with Crippen LogP contribution in [0, 0.1) is 18.3 Å². The van der Waals surface area contributed by atoms with Gasteiger partial charge < -0.3 is 15.1 Å². The molecule has 2 aromatic rings. The molecule has 2 fully saturated rings. The minimum Gasteiger partial charge on any atom is -0.382 e. The van der Waals surface area contributed by atoms with Gasteiger partial charge in [-0.15, -0.1) is 0 Å². The highest BCUT2D eigenvalue weighted by Gasteiger charge is 2.39. The highest BCUT2D eigenvalue weighted by molar-refractivity contribution is 6.30. The molecule has 1 aliphatic heterocycles. The van der Waals surface area contributed by atoms with Gasteiger partial charge in [-0.05, 0) is 93.3 Å². The number of hydrogen-bond acceptors (Lipinski definition) is 3. The molecule has 0 atom stereocenters. The number of alkyl halides is 3. The molecule has 1 heterocycles. The third kappa shape index (κ3) is 6.73. The number of rotatable bonds is 6. The van der Waals surface area contributed by atoms with E-state index in [4.69, 9.17) is 11.6 Å². The van der Waals surface area contributed by atoms with Gasteiger partial charge in [-0.25, -0.2) is 0 Å². The van der Waals surface area contributed by atoms with Crippen molar-refractivity contribution in [2.24, 2.45) is 11.3 Å². The number of aryl methyl sites for hydroxylation is 1. The van der Waals surface area contributed by atoms with Crippen molar-refractivity contribution in [1.29, 1.82) is 0 Å². The fourth-order valence-corrected chi connectivity index (χ4v) is 5.92. The second kappa shape index (κ2) is 11.1. The molecule has 2 aromatic carbocycles. The van der Waals surface area contributed by atoms with Gasteiger partial charge in [0.05, 0.1) is 5.56 Å². The SMILES string of the molecule is Cc1ccc(NC2CCC(CN(C)C(=O)C3(C)CCN(c4ccc(Cl)cc4)CC3)CC2)cc1C(F)(F)F. The van der Waals surface area contributed by atoms with Gasteiger partial charge in [-0.3, -0.25) is 4.79 Å². The number of piperidine rings is 1. The maximum Gasteiger partial charge on any atom is 0.416 e. The summed E-state index contributed by atoms with van der Waals surface area (Å²) in [5.74, 6) is 0.622. The largest absolute Gasteiger partial charge is 0.416 e. The van der Waals surface area contributed by atoms with Crippen molar-refractivity contribution in [2.45, 2.75) is 64.6 Å². The molecule has 0 aromatic heterocycles. The normalized spacial score (nSPS) is 22.0. The van der Waals surface area contributed by atoms with Gasteiger partial charge in [0, 0.05) is 54.5 Å². The predicted molar refractivity (Wildman–Crippen MR) is 144 cm³/mol. The van der Waals surface area contributed by atoms with Gasteiger partial charge >= 0.3 is 6.18 Å². The zero-order valence-electron chi connectivity index (χ0n) is 21.9. The number of carbonyl (C=O) groups excluding carboxylic acids is 1. The van der Waals surface area contributed by atoms with E-state index in [1.165, 1.54) is 19.1 Å². The summed E-state index contributed by atoms with van der Waals surface area (Å²) < 4.78 is 39.8. The third-order valence-electron chi connectivity index (χ3n) is 8.21. The molecule has 0 radical (unpaired) electrons. The lowest BCUT2D eigenvalue weighted by Gasteiger charge is -2.42. The molecule has 1 saturated heterocycles. The van der Waals surface area contributed by atoms with Crippen LogP contribution in [0.3, 0.4) is 0 Å². The van der Waals surface area contributed by atoms with Crippen LogP contribution in [0.1, 0.15) is 56.6 Å². The van der Waals surface area contributed by atoms with Crippen molar-refractivity contribution in [3.8, 4) is 0 Å². The lowest BCUT2D eigenvalue weighted by molar-refractivity contribution is -0.142. The van der Waals surface area contributed by atoms with E-state index >= 15 is 0 Å². The first-order valence-corrected chi connectivity index (χ1v) is 13.5. The molecule has 0 unspecified atom stereocenters. The number of anilines is 2. The summed E-state index contributed by atoms with van der Waals surface area (Å²) in [7, 11) is 1.91. The van der Waals surface area contributed by atoms with Crippen LogP contribution in [0.2, 0.25) is 5.02 Å². The molecule has 8 heteroatoms. The Balaban J connectivity index is 1.25. The fourth-order valence-electron chi connectivity index (χ4n) is 5.80. The summed E-state index contributed by atoms with van der Waals surface area (Å²) in [5, 5.41) is 4.02. The summed E-state index contributed by atoms with van der Waals surface area (Å²) in [6.45, 7) is 5.97. The van der Waals surface area contributed by atoms with Crippen molar-refractivity contribution in [2.75, 3.05) is 36.9 Å². The fraction of sp³-hybridized carbons (Fsp3) is 0.552. The molecule has 0 bridgehead atoms. The molecule has 2 aliphatic rings. The maximum atomic E-state index is 13.4. The van der Waals surface area contributed by atoms with E-state index in [2.05, 4.69) is 17.1 Å². The summed E-state index contributed by atoms with van der Waals surface area (Å²) in [4.78, 5) is 17.6. The van der Waals surface area contributed by atoms with Gasteiger partial charge in [-0.2, -0.15) is 13.2 Å². The van der Waals surface area contributed by atoms with Gasteiger partial charge in [0.15, 0.2) is 0 Å². The molecular formula is C29H37ClF3N3O. The first-order chi connectivity index (χ1) is 17.4. The van der Waals surface area contributed by atoms with Crippen LogP contribution >= 0.6 is 11.6 Å². The molecule has 1 N–H and O–H groups in total. The number of carbonyl (C=O) groups is 1. The van der Waals surface area contributed by atoms with E-state index < -0.39 is 11.7 Å². The average molecular weight is 536 g/mol. The van der Waals surface area contributed by atoms with Crippen LogP contribution < -0.4 is 10.2 Å².